The lowest BCUT2D eigenvalue weighted by molar-refractivity contribution is 0.172. The predicted molar refractivity (Wildman–Crippen MR) is 94.6 cm³/mol. The number of benzene rings is 2. The average molecular weight is 367 g/mol. The molecule has 0 unspecified atom stereocenters. The summed E-state index contributed by atoms with van der Waals surface area (Å²) in [5.74, 6) is 1.19. The third-order valence-corrected chi connectivity index (χ3v) is 4.10. The van der Waals surface area contributed by atoms with E-state index in [4.69, 9.17) is 32.7 Å². The van der Waals surface area contributed by atoms with Crippen LogP contribution in [-0.4, -0.2) is 25.8 Å². The van der Waals surface area contributed by atoms with Gasteiger partial charge in [-0.25, -0.2) is 4.79 Å². The molecule has 2 aromatic rings. The topological polar surface area (TPSA) is 59.6 Å². The lowest BCUT2D eigenvalue weighted by atomic mass is 10.1. The van der Waals surface area contributed by atoms with Gasteiger partial charge in [0.15, 0.2) is 11.5 Å². The number of rotatable bonds is 4. The summed E-state index contributed by atoms with van der Waals surface area (Å²) < 4.78 is 11.0. The molecule has 126 valence electrons. The molecule has 1 aliphatic heterocycles. The molecule has 24 heavy (non-hydrogen) atoms. The minimum Gasteiger partial charge on any atom is -0.486 e. The zero-order chi connectivity index (χ0) is 16.9. The number of ether oxygens (including phenoxy) is 2. The van der Waals surface area contributed by atoms with Gasteiger partial charge in [-0.15, -0.1) is 0 Å². The van der Waals surface area contributed by atoms with Gasteiger partial charge in [-0.3, -0.25) is 0 Å². The molecule has 0 saturated heterocycles. The molecule has 2 aromatic carbocycles. The normalized spacial score (nSPS) is 12.6. The van der Waals surface area contributed by atoms with Gasteiger partial charge in [-0.1, -0.05) is 35.3 Å². The fourth-order valence-electron chi connectivity index (χ4n) is 2.37. The largest absolute Gasteiger partial charge is 0.486 e. The molecule has 1 aliphatic rings. The van der Waals surface area contributed by atoms with Crippen molar-refractivity contribution < 1.29 is 14.3 Å². The van der Waals surface area contributed by atoms with Crippen LogP contribution >= 0.6 is 23.2 Å². The van der Waals surface area contributed by atoms with Gasteiger partial charge in [-0.2, -0.15) is 0 Å². The summed E-state index contributed by atoms with van der Waals surface area (Å²) in [7, 11) is 0. The fraction of sp³-hybridized carbons (Fsp3) is 0.235. The van der Waals surface area contributed by atoms with Gasteiger partial charge in [0.1, 0.15) is 13.2 Å². The molecule has 0 aliphatic carbocycles. The summed E-state index contributed by atoms with van der Waals surface area (Å²) in [6.45, 7) is 1.41. The zero-order valence-electron chi connectivity index (χ0n) is 12.8. The molecule has 3 rings (SSSR count). The molecule has 0 spiro atoms. The molecule has 0 radical (unpaired) electrons. The lowest BCUT2D eigenvalue weighted by Crippen LogP contribution is -2.31. The minimum atomic E-state index is -0.317. The van der Waals surface area contributed by atoms with E-state index in [0.717, 1.165) is 5.56 Å². The van der Waals surface area contributed by atoms with Crippen molar-refractivity contribution in [1.29, 1.82) is 0 Å². The van der Waals surface area contributed by atoms with Crippen molar-refractivity contribution in [2.24, 2.45) is 0 Å². The van der Waals surface area contributed by atoms with E-state index in [9.17, 15) is 4.79 Å². The van der Waals surface area contributed by atoms with E-state index in [1.807, 2.05) is 6.07 Å². The summed E-state index contributed by atoms with van der Waals surface area (Å²) in [5, 5.41) is 6.74. The van der Waals surface area contributed by atoms with Crippen LogP contribution in [0.5, 0.6) is 11.5 Å². The first-order valence-electron chi connectivity index (χ1n) is 7.51. The van der Waals surface area contributed by atoms with Gasteiger partial charge < -0.3 is 20.1 Å². The number of nitrogens with one attached hydrogen (secondary N) is 2. The number of para-hydroxylation sites is 1. The number of anilines is 1. The number of carbonyl (C=O) groups excluding carboxylic acids is 1. The van der Waals surface area contributed by atoms with E-state index in [0.29, 0.717) is 53.4 Å². The molecule has 0 aromatic heterocycles. The maximum Gasteiger partial charge on any atom is 0.319 e. The summed E-state index contributed by atoms with van der Waals surface area (Å²) in [4.78, 5) is 12.1. The summed E-state index contributed by atoms with van der Waals surface area (Å²) in [6.07, 6.45) is 0.607. The van der Waals surface area contributed by atoms with Crippen molar-refractivity contribution in [3.8, 4) is 11.5 Å². The van der Waals surface area contributed by atoms with Crippen molar-refractivity contribution in [2.75, 3.05) is 25.1 Å². The van der Waals surface area contributed by atoms with Crippen LogP contribution in [0.2, 0.25) is 10.0 Å². The first kappa shape index (κ1) is 16.7. The zero-order valence-corrected chi connectivity index (χ0v) is 14.3. The summed E-state index contributed by atoms with van der Waals surface area (Å²) in [5.41, 5.74) is 1.50. The molecular weight excluding hydrogens is 351 g/mol. The van der Waals surface area contributed by atoms with Gasteiger partial charge in [-0.05, 0) is 36.2 Å². The second-order valence-corrected chi connectivity index (χ2v) is 6.04. The van der Waals surface area contributed by atoms with Gasteiger partial charge in [0.25, 0.3) is 0 Å². The Morgan fingerprint density at radius 2 is 1.96 bits per heavy atom. The number of urea groups is 1. The van der Waals surface area contributed by atoms with Crippen molar-refractivity contribution in [3.63, 3.8) is 0 Å². The van der Waals surface area contributed by atoms with Crippen LogP contribution < -0.4 is 20.1 Å². The second kappa shape index (κ2) is 7.64. The number of amides is 2. The standard InChI is InChI=1S/C17H16Cl2N2O3/c18-12-5-4-11(13(19)10-12)6-7-20-17(22)21-14-2-1-3-15-16(14)24-9-8-23-15/h1-5,10H,6-9H2,(H2,20,21,22). The molecule has 0 fully saturated rings. The molecule has 5 nitrogen and oxygen atoms in total. The van der Waals surface area contributed by atoms with E-state index < -0.39 is 0 Å². The first-order valence-corrected chi connectivity index (χ1v) is 8.26. The van der Waals surface area contributed by atoms with Gasteiger partial charge in [0.2, 0.25) is 0 Å². The first-order chi connectivity index (χ1) is 11.6. The Bertz CT molecular complexity index is 753. The smallest absolute Gasteiger partial charge is 0.319 e. The van der Waals surface area contributed by atoms with Crippen molar-refractivity contribution in [3.05, 3.63) is 52.0 Å². The van der Waals surface area contributed by atoms with E-state index >= 15 is 0 Å². The Hall–Kier alpha value is -2.11. The fourth-order valence-corrected chi connectivity index (χ4v) is 2.88. The maximum atomic E-state index is 12.1. The molecular formula is C17H16Cl2N2O3. The third-order valence-electron chi connectivity index (χ3n) is 3.51. The average Bonchev–Trinajstić information content (AvgIpc) is 2.57. The monoisotopic (exact) mass is 366 g/mol. The highest BCUT2D eigenvalue weighted by Gasteiger charge is 2.16. The Labute approximate surface area is 149 Å². The molecule has 2 N–H and O–H groups in total. The molecule has 0 saturated carbocycles. The van der Waals surface area contributed by atoms with Crippen LogP contribution in [0.4, 0.5) is 10.5 Å². The Morgan fingerprint density at radius 3 is 2.79 bits per heavy atom. The maximum absolute atomic E-state index is 12.1. The second-order valence-electron chi connectivity index (χ2n) is 5.20. The van der Waals surface area contributed by atoms with Gasteiger partial charge in [0.05, 0.1) is 5.69 Å². The molecule has 0 bridgehead atoms. The van der Waals surface area contributed by atoms with Gasteiger partial charge >= 0.3 is 6.03 Å². The Balaban J connectivity index is 1.55. The van der Waals surface area contributed by atoms with Crippen molar-refractivity contribution >= 4 is 34.9 Å². The van der Waals surface area contributed by atoms with Crippen molar-refractivity contribution in [1.82, 2.24) is 5.32 Å². The van der Waals surface area contributed by atoms with Crippen LogP contribution in [0.3, 0.4) is 0 Å². The summed E-state index contributed by atoms with van der Waals surface area (Å²) in [6, 6.07) is 10.4. The Morgan fingerprint density at radius 1 is 1.12 bits per heavy atom. The highest BCUT2D eigenvalue weighted by molar-refractivity contribution is 6.35. The van der Waals surface area contributed by atoms with Crippen LogP contribution in [0.15, 0.2) is 36.4 Å². The third kappa shape index (κ3) is 4.04. The van der Waals surface area contributed by atoms with Gasteiger partial charge in [0, 0.05) is 16.6 Å². The lowest BCUT2D eigenvalue weighted by Gasteiger charge is -2.21. The SMILES string of the molecule is O=C(NCCc1ccc(Cl)cc1Cl)Nc1cccc2c1OCCO2. The van der Waals surface area contributed by atoms with Crippen molar-refractivity contribution in [2.45, 2.75) is 6.42 Å². The minimum absolute atomic E-state index is 0.317. The van der Waals surface area contributed by atoms with Crippen LogP contribution in [0.25, 0.3) is 0 Å². The van der Waals surface area contributed by atoms with E-state index in [-0.39, 0.29) is 6.03 Å². The number of carbonyl (C=O) groups is 1. The highest BCUT2D eigenvalue weighted by Crippen LogP contribution is 2.37. The van der Waals surface area contributed by atoms with E-state index in [1.165, 1.54) is 0 Å². The highest BCUT2D eigenvalue weighted by atomic mass is 35.5. The summed E-state index contributed by atoms with van der Waals surface area (Å²) >= 11 is 12.0. The van der Waals surface area contributed by atoms with E-state index in [1.54, 1.807) is 30.3 Å². The van der Waals surface area contributed by atoms with Crippen LogP contribution in [0.1, 0.15) is 5.56 Å². The number of hydrogen-bond donors (Lipinski definition) is 2. The Kier molecular flexibility index (Phi) is 5.33. The quantitative estimate of drug-likeness (QED) is 0.854. The molecule has 0 atom stereocenters. The van der Waals surface area contributed by atoms with Crippen LogP contribution in [0, 0.1) is 0 Å². The molecule has 7 heteroatoms. The predicted octanol–water partition coefficient (Wildman–Crippen LogP) is 4.13. The molecule has 1 heterocycles. The molecule has 2 amide bonds. The number of hydrogen-bond acceptors (Lipinski definition) is 3. The number of fused-ring (bicyclic) bond motifs is 1. The van der Waals surface area contributed by atoms with E-state index in [2.05, 4.69) is 10.6 Å². The van der Waals surface area contributed by atoms with Crippen LogP contribution in [-0.2, 0) is 6.42 Å². The number of halogens is 2.